The third-order valence-electron chi connectivity index (χ3n) is 3.55. The molecule has 1 fully saturated rings. The van der Waals surface area contributed by atoms with Crippen molar-refractivity contribution in [2.75, 3.05) is 18.5 Å². The van der Waals surface area contributed by atoms with E-state index in [0.717, 1.165) is 23.3 Å². The zero-order valence-electron chi connectivity index (χ0n) is 13.6. The molecule has 6 nitrogen and oxygen atoms in total. The molecule has 7 heteroatoms. The van der Waals surface area contributed by atoms with Crippen molar-refractivity contribution in [2.24, 2.45) is 5.92 Å². The van der Waals surface area contributed by atoms with Crippen LogP contribution in [0.5, 0.6) is 0 Å². The van der Waals surface area contributed by atoms with Crippen molar-refractivity contribution in [3.63, 3.8) is 0 Å². The number of nitrogens with one attached hydrogen (secondary N) is 1. The van der Waals surface area contributed by atoms with Crippen LogP contribution in [-0.2, 0) is 25.5 Å². The molecule has 1 N–H and O–H groups in total. The van der Waals surface area contributed by atoms with Gasteiger partial charge in [-0.3, -0.25) is 9.59 Å². The summed E-state index contributed by atoms with van der Waals surface area (Å²) in [5.41, 5.74) is 1.28. The van der Waals surface area contributed by atoms with Gasteiger partial charge in [-0.05, 0) is 38.7 Å². The Morgan fingerprint density at radius 1 is 1.22 bits per heavy atom. The maximum atomic E-state index is 12.2. The molecule has 0 atom stereocenters. The van der Waals surface area contributed by atoms with E-state index in [1.54, 1.807) is 6.92 Å². The van der Waals surface area contributed by atoms with Crippen LogP contribution in [0, 0.1) is 12.8 Å². The molecule has 2 rings (SSSR count). The van der Waals surface area contributed by atoms with Crippen molar-refractivity contribution >= 4 is 34.2 Å². The minimum Gasteiger partial charge on any atom is -0.462 e. The van der Waals surface area contributed by atoms with Crippen LogP contribution in [0.1, 0.15) is 47.5 Å². The van der Waals surface area contributed by atoms with E-state index < -0.39 is 11.9 Å². The molecule has 0 bridgehead atoms. The molecule has 1 saturated carbocycles. The maximum Gasteiger partial charge on any atom is 0.341 e. The molecule has 1 aromatic rings. The molecule has 126 valence electrons. The van der Waals surface area contributed by atoms with Gasteiger partial charge in [0.25, 0.3) is 5.91 Å². The Hall–Kier alpha value is -1.89. The fourth-order valence-electron chi connectivity index (χ4n) is 2.25. The largest absolute Gasteiger partial charge is 0.462 e. The number of esters is 2. The lowest BCUT2D eigenvalue weighted by Crippen LogP contribution is -2.22. The van der Waals surface area contributed by atoms with Gasteiger partial charge in [0.15, 0.2) is 6.61 Å². The monoisotopic (exact) mass is 339 g/mol. The van der Waals surface area contributed by atoms with Gasteiger partial charge < -0.3 is 14.8 Å². The molecule has 1 aliphatic carbocycles. The first-order valence-corrected chi connectivity index (χ1v) is 8.55. The first-order valence-electron chi connectivity index (χ1n) is 7.73. The van der Waals surface area contributed by atoms with E-state index in [1.165, 1.54) is 11.3 Å². The summed E-state index contributed by atoms with van der Waals surface area (Å²) in [5, 5.41) is 3.11. The van der Waals surface area contributed by atoms with Gasteiger partial charge in [-0.1, -0.05) is 6.92 Å². The number of aryl methyl sites for hydroxylation is 1. The summed E-state index contributed by atoms with van der Waals surface area (Å²) in [5.74, 6) is -1.27. The number of ether oxygens (including phenoxy) is 2. The predicted octanol–water partition coefficient (Wildman–Crippen LogP) is 2.69. The third kappa shape index (κ3) is 4.31. The summed E-state index contributed by atoms with van der Waals surface area (Å²) >= 11 is 1.33. The van der Waals surface area contributed by atoms with Crippen molar-refractivity contribution in [1.29, 1.82) is 0 Å². The topological polar surface area (TPSA) is 81.7 Å². The average Bonchev–Trinajstić information content (AvgIpc) is 3.30. The predicted molar refractivity (Wildman–Crippen MR) is 86.7 cm³/mol. The van der Waals surface area contributed by atoms with E-state index in [1.807, 2.05) is 13.8 Å². The molecule has 1 aliphatic rings. The number of anilines is 1. The van der Waals surface area contributed by atoms with Gasteiger partial charge in [-0.2, -0.15) is 0 Å². The molecular weight excluding hydrogens is 318 g/mol. The smallest absolute Gasteiger partial charge is 0.341 e. The number of amides is 1. The summed E-state index contributed by atoms with van der Waals surface area (Å²) in [7, 11) is 0. The van der Waals surface area contributed by atoms with Crippen LogP contribution in [0.25, 0.3) is 0 Å². The van der Waals surface area contributed by atoms with Gasteiger partial charge >= 0.3 is 11.9 Å². The SMILES string of the molecule is CCOC(=O)c1c(NC(=O)COC(=O)C2CC2)sc(C)c1CC. The molecule has 0 aliphatic heterocycles. The van der Waals surface area contributed by atoms with E-state index in [4.69, 9.17) is 9.47 Å². The second-order valence-electron chi connectivity index (χ2n) is 5.35. The van der Waals surface area contributed by atoms with Crippen molar-refractivity contribution in [3.8, 4) is 0 Å². The lowest BCUT2D eigenvalue weighted by Gasteiger charge is -2.08. The van der Waals surface area contributed by atoms with Crippen molar-refractivity contribution < 1.29 is 23.9 Å². The van der Waals surface area contributed by atoms with Crippen LogP contribution in [0.3, 0.4) is 0 Å². The quantitative estimate of drug-likeness (QED) is 0.772. The number of rotatable bonds is 7. The molecule has 23 heavy (non-hydrogen) atoms. The molecule has 0 radical (unpaired) electrons. The number of thiophene rings is 1. The zero-order chi connectivity index (χ0) is 17.0. The van der Waals surface area contributed by atoms with Crippen LogP contribution in [0.2, 0.25) is 0 Å². The molecule has 1 amide bonds. The highest BCUT2D eigenvalue weighted by Gasteiger charge is 2.31. The Labute approximate surface area is 139 Å². The summed E-state index contributed by atoms with van der Waals surface area (Å²) in [4.78, 5) is 36.5. The van der Waals surface area contributed by atoms with Crippen LogP contribution >= 0.6 is 11.3 Å². The first kappa shape index (κ1) is 17.5. The van der Waals surface area contributed by atoms with Gasteiger partial charge in [0.05, 0.1) is 18.1 Å². The Bertz CT molecular complexity index is 618. The van der Waals surface area contributed by atoms with Gasteiger partial charge in [0.2, 0.25) is 0 Å². The zero-order valence-corrected chi connectivity index (χ0v) is 14.4. The number of carbonyl (C=O) groups excluding carboxylic acids is 3. The number of hydrogen-bond acceptors (Lipinski definition) is 6. The minimum atomic E-state index is -0.451. The summed E-state index contributed by atoms with van der Waals surface area (Å²) in [6, 6.07) is 0. The Balaban J connectivity index is 2.06. The van der Waals surface area contributed by atoms with Crippen molar-refractivity contribution in [1.82, 2.24) is 0 Å². The standard InChI is InChI=1S/C16H21NO5S/c1-4-11-9(3)23-14(13(11)16(20)21-5-2)17-12(18)8-22-15(19)10-6-7-10/h10H,4-8H2,1-3H3,(H,17,18). The number of carbonyl (C=O) groups is 3. The molecule has 1 aromatic heterocycles. The summed E-state index contributed by atoms with van der Waals surface area (Å²) < 4.78 is 10.0. The molecular formula is C16H21NO5S. The minimum absolute atomic E-state index is 0.0476. The Kier molecular flexibility index (Phi) is 5.76. The van der Waals surface area contributed by atoms with Gasteiger partial charge in [0.1, 0.15) is 5.00 Å². The highest BCUT2D eigenvalue weighted by molar-refractivity contribution is 7.16. The van der Waals surface area contributed by atoms with Crippen molar-refractivity contribution in [3.05, 3.63) is 16.0 Å². The summed E-state index contributed by atoms with van der Waals surface area (Å²) in [6.07, 6.45) is 2.33. The van der Waals surface area contributed by atoms with Crippen molar-refractivity contribution in [2.45, 2.75) is 40.0 Å². The van der Waals surface area contributed by atoms with Crippen LogP contribution in [0.4, 0.5) is 5.00 Å². The fraction of sp³-hybridized carbons (Fsp3) is 0.562. The van der Waals surface area contributed by atoms with Gasteiger partial charge in [-0.25, -0.2) is 4.79 Å². The molecule has 0 saturated heterocycles. The normalized spacial score (nSPS) is 13.5. The number of hydrogen-bond donors (Lipinski definition) is 1. The fourth-order valence-corrected chi connectivity index (χ4v) is 3.40. The molecule has 1 heterocycles. The second-order valence-corrected chi connectivity index (χ2v) is 6.57. The first-order chi connectivity index (χ1) is 11.0. The maximum absolute atomic E-state index is 12.2. The second kappa shape index (κ2) is 7.59. The van der Waals surface area contributed by atoms with E-state index in [9.17, 15) is 14.4 Å². The summed E-state index contributed by atoms with van der Waals surface area (Å²) in [6.45, 7) is 5.51. The lowest BCUT2D eigenvalue weighted by molar-refractivity contribution is -0.148. The van der Waals surface area contributed by atoms with E-state index >= 15 is 0 Å². The molecule has 0 spiro atoms. The van der Waals surface area contributed by atoms with E-state index in [2.05, 4.69) is 5.32 Å². The highest BCUT2D eigenvalue weighted by Crippen LogP contribution is 2.34. The van der Waals surface area contributed by atoms with Gasteiger partial charge in [0, 0.05) is 4.88 Å². The lowest BCUT2D eigenvalue weighted by atomic mass is 10.1. The van der Waals surface area contributed by atoms with Crippen LogP contribution in [0.15, 0.2) is 0 Å². The van der Waals surface area contributed by atoms with Crippen LogP contribution < -0.4 is 5.32 Å². The Morgan fingerprint density at radius 2 is 1.91 bits per heavy atom. The van der Waals surface area contributed by atoms with Crippen LogP contribution in [-0.4, -0.2) is 31.1 Å². The van der Waals surface area contributed by atoms with Gasteiger partial charge in [-0.15, -0.1) is 11.3 Å². The Morgan fingerprint density at radius 3 is 2.48 bits per heavy atom. The highest BCUT2D eigenvalue weighted by atomic mass is 32.1. The van der Waals surface area contributed by atoms with E-state index in [-0.39, 0.29) is 25.1 Å². The average molecular weight is 339 g/mol. The molecule has 0 aromatic carbocycles. The third-order valence-corrected chi connectivity index (χ3v) is 4.61. The van der Waals surface area contributed by atoms with E-state index in [0.29, 0.717) is 17.0 Å². The molecule has 0 unspecified atom stereocenters.